The zero-order valence-corrected chi connectivity index (χ0v) is 19.9. The number of alkyl halides is 4. The van der Waals surface area contributed by atoms with Crippen molar-refractivity contribution < 1.29 is 22.3 Å². The SMILES string of the molecule is COc1cc(C2CCN(CCF)CC2)ccc1Nc1cc(Nc2cccc(N)c2)c(C(F)(F)F)cn1. The van der Waals surface area contributed by atoms with E-state index in [0.717, 1.165) is 37.7 Å². The van der Waals surface area contributed by atoms with Gasteiger partial charge in [-0.2, -0.15) is 13.2 Å². The van der Waals surface area contributed by atoms with E-state index in [4.69, 9.17) is 10.5 Å². The molecule has 1 aromatic heterocycles. The molecule has 4 N–H and O–H groups in total. The molecule has 0 unspecified atom stereocenters. The number of hydrogen-bond donors (Lipinski definition) is 3. The molecular weight excluding hydrogens is 474 g/mol. The highest BCUT2D eigenvalue weighted by Crippen LogP contribution is 2.39. The fourth-order valence-electron chi connectivity index (χ4n) is 4.44. The van der Waals surface area contributed by atoms with Crippen LogP contribution in [0, 0.1) is 0 Å². The van der Waals surface area contributed by atoms with Crippen molar-refractivity contribution in [2.45, 2.75) is 24.9 Å². The number of methoxy groups -OCH3 is 1. The number of anilines is 5. The van der Waals surface area contributed by atoms with E-state index in [1.807, 2.05) is 18.2 Å². The number of nitrogens with one attached hydrogen (secondary N) is 2. The molecule has 6 nitrogen and oxygen atoms in total. The standard InChI is InChI=1S/C26H29F4N5O/c1-36-24-13-18(17-7-10-35(11-8-17)12-9-27)5-6-22(24)34-25-15-23(21(16-32-25)26(28,29)30)33-20-4-2-3-19(31)14-20/h2-6,13-17H,7-12,31H2,1H3,(H2,32,33,34). The number of piperidine rings is 1. The topological polar surface area (TPSA) is 75.4 Å². The molecule has 4 rings (SSSR count). The first-order chi connectivity index (χ1) is 17.3. The zero-order valence-electron chi connectivity index (χ0n) is 19.9. The lowest BCUT2D eigenvalue weighted by atomic mass is 9.89. The predicted octanol–water partition coefficient (Wildman–Crippen LogP) is 6.33. The Morgan fingerprint density at radius 3 is 2.50 bits per heavy atom. The van der Waals surface area contributed by atoms with Gasteiger partial charge in [0.25, 0.3) is 0 Å². The monoisotopic (exact) mass is 503 g/mol. The molecule has 10 heteroatoms. The van der Waals surface area contributed by atoms with Crippen LogP contribution in [0.3, 0.4) is 0 Å². The second-order valence-corrected chi connectivity index (χ2v) is 8.75. The number of nitrogens with zero attached hydrogens (tertiary/aromatic N) is 2. The van der Waals surface area contributed by atoms with Crippen molar-refractivity contribution in [3.8, 4) is 5.75 Å². The van der Waals surface area contributed by atoms with Crippen molar-refractivity contribution in [1.82, 2.24) is 9.88 Å². The van der Waals surface area contributed by atoms with E-state index in [0.29, 0.717) is 35.3 Å². The normalized spacial score (nSPS) is 15.0. The number of nitrogens with two attached hydrogens (primary N) is 1. The van der Waals surface area contributed by atoms with Crippen LogP contribution in [-0.4, -0.2) is 43.3 Å². The van der Waals surface area contributed by atoms with Crippen molar-refractivity contribution in [2.24, 2.45) is 0 Å². The molecule has 0 aliphatic carbocycles. The molecule has 0 radical (unpaired) electrons. The first-order valence-corrected chi connectivity index (χ1v) is 11.7. The first kappa shape index (κ1) is 25.6. The summed E-state index contributed by atoms with van der Waals surface area (Å²) in [5.74, 6) is 1.12. The minimum absolute atomic E-state index is 0.152. The number of halogens is 4. The van der Waals surface area contributed by atoms with Gasteiger partial charge >= 0.3 is 6.18 Å². The van der Waals surface area contributed by atoms with Gasteiger partial charge in [0.1, 0.15) is 18.2 Å². The summed E-state index contributed by atoms with van der Waals surface area (Å²) in [5.41, 5.74) is 7.28. The lowest BCUT2D eigenvalue weighted by molar-refractivity contribution is -0.137. The summed E-state index contributed by atoms with van der Waals surface area (Å²) in [4.78, 5) is 6.11. The van der Waals surface area contributed by atoms with Crippen LogP contribution < -0.4 is 21.1 Å². The zero-order chi connectivity index (χ0) is 25.7. The summed E-state index contributed by atoms with van der Waals surface area (Å²) in [6, 6.07) is 13.6. The number of aromatic nitrogens is 1. The number of ether oxygens (including phenoxy) is 1. The highest BCUT2D eigenvalue weighted by Gasteiger charge is 2.34. The Balaban J connectivity index is 1.56. The molecular formula is C26H29F4N5O. The van der Waals surface area contributed by atoms with Crippen molar-refractivity contribution in [1.29, 1.82) is 0 Å². The Hall–Kier alpha value is -3.53. The van der Waals surface area contributed by atoms with Crippen molar-refractivity contribution in [3.05, 3.63) is 65.9 Å². The molecule has 0 amide bonds. The van der Waals surface area contributed by atoms with E-state index < -0.39 is 11.7 Å². The number of nitrogen functional groups attached to an aromatic ring is 1. The molecule has 1 saturated heterocycles. The van der Waals surface area contributed by atoms with E-state index in [9.17, 15) is 17.6 Å². The lowest BCUT2D eigenvalue weighted by Crippen LogP contribution is -2.34. The summed E-state index contributed by atoms with van der Waals surface area (Å²) < 4.78 is 59.1. The molecule has 192 valence electrons. The van der Waals surface area contributed by atoms with Crippen LogP contribution >= 0.6 is 0 Å². The van der Waals surface area contributed by atoms with Crippen LogP contribution in [0.25, 0.3) is 0 Å². The van der Waals surface area contributed by atoms with Crippen molar-refractivity contribution >= 4 is 28.6 Å². The molecule has 1 aliphatic rings. The van der Waals surface area contributed by atoms with Gasteiger partial charge in [-0.15, -0.1) is 0 Å². The van der Waals surface area contributed by atoms with Gasteiger partial charge in [0.2, 0.25) is 0 Å². The third-order valence-electron chi connectivity index (χ3n) is 6.32. The molecule has 0 spiro atoms. The number of benzene rings is 2. The van der Waals surface area contributed by atoms with Crippen LogP contribution in [0.5, 0.6) is 5.75 Å². The minimum atomic E-state index is -4.59. The van der Waals surface area contributed by atoms with E-state index in [1.54, 1.807) is 31.4 Å². The van der Waals surface area contributed by atoms with E-state index >= 15 is 0 Å². The van der Waals surface area contributed by atoms with Gasteiger partial charge in [0.15, 0.2) is 0 Å². The van der Waals surface area contributed by atoms with Crippen molar-refractivity contribution in [3.63, 3.8) is 0 Å². The maximum absolute atomic E-state index is 13.6. The molecule has 1 aliphatic heterocycles. The summed E-state index contributed by atoms with van der Waals surface area (Å²) >= 11 is 0. The number of likely N-dealkylation sites (tertiary alicyclic amines) is 1. The Morgan fingerprint density at radius 2 is 1.83 bits per heavy atom. The maximum atomic E-state index is 13.6. The average Bonchev–Trinajstić information content (AvgIpc) is 2.84. The van der Waals surface area contributed by atoms with Crippen molar-refractivity contribution in [2.75, 3.05) is 49.8 Å². The summed E-state index contributed by atoms with van der Waals surface area (Å²) in [6.45, 7) is 1.81. The quantitative estimate of drug-likeness (QED) is 0.247. The Bertz CT molecular complexity index is 1180. The smallest absolute Gasteiger partial charge is 0.419 e. The third-order valence-corrected chi connectivity index (χ3v) is 6.32. The Morgan fingerprint density at radius 1 is 1.06 bits per heavy atom. The minimum Gasteiger partial charge on any atom is -0.495 e. The van der Waals surface area contributed by atoms with Crippen LogP contribution in [0.2, 0.25) is 0 Å². The number of rotatable bonds is 8. The maximum Gasteiger partial charge on any atom is 0.419 e. The first-order valence-electron chi connectivity index (χ1n) is 11.7. The molecule has 3 aromatic rings. The van der Waals surface area contributed by atoms with Crippen LogP contribution in [0.15, 0.2) is 54.7 Å². The molecule has 0 atom stereocenters. The summed E-state index contributed by atoms with van der Waals surface area (Å²) in [5, 5.41) is 5.88. The molecule has 2 heterocycles. The van der Waals surface area contributed by atoms with Gasteiger partial charge in [-0.25, -0.2) is 9.37 Å². The van der Waals surface area contributed by atoms with Gasteiger partial charge in [-0.1, -0.05) is 12.1 Å². The summed E-state index contributed by atoms with van der Waals surface area (Å²) in [7, 11) is 1.54. The second kappa shape index (κ2) is 11.0. The largest absolute Gasteiger partial charge is 0.495 e. The number of pyridine rings is 1. The highest BCUT2D eigenvalue weighted by molar-refractivity contribution is 5.72. The molecule has 36 heavy (non-hydrogen) atoms. The fraction of sp³-hybridized carbons (Fsp3) is 0.346. The number of hydrogen-bond acceptors (Lipinski definition) is 6. The molecule has 2 aromatic carbocycles. The van der Waals surface area contributed by atoms with Gasteiger partial charge in [-0.05, 0) is 67.7 Å². The van der Waals surface area contributed by atoms with E-state index in [2.05, 4.69) is 20.5 Å². The lowest BCUT2D eigenvalue weighted by Gasteiger charge is -2.31. The third kappa shape index (κ3) is 6.17. The van der Waals surface area contributed by atoms with Gasteiger partial charge in [-0.3, -0.25) is 0 Å². The average molecular weight is 504 g/mol. The molecule has 0 bridgehead atoms. The van der Waals surface area contributed by atoms with Crippen LogP contribution in [0.4, 0.5) is 46.1 Å². The Labute approximate surface area is 207 Å². The van der Waals surface area contributed by atoms with E-state index in [1.165, 1.54) is 6.07 Å². The van der Waals surface area contributed by atoms with Crippen LogP contribution in [0.1, 0.15) is 29.9 Å². The van der Waals surface area contributed by atoms with E-state index in [-0.39, 0.29) is 18.2 Å². The second-order valence-electron chi connectivity index (χ2n) is 8.75. The molecule has 0 saturated carbocycles. The Kier molecular flexibility index (Phi) is 7.83. The predicted molar refractivity (Wildman–Crippen MR) is 134 cm³/mol. The summed E-state index contributed by atoms with van der Waals surface area (Å²) in [6.07, 6.45) is -1.94. The van der Waals surface area contributed by atoms with Gasteiger partial charge < -0.3 is 26.0 Å². The highest BCUT2D eigenvalue weighted by atomic mass is 19.4. The molecule has 1 fully saturated rings. The fourth-order valence-corrected chi connectivity index (χ4v) is 4.44. The van der Waals surface area contributed by atoms with Gasteiger partial charge in [0.05, 0.1) is 24.0 Å². The van der Waals surface area contributed by atoms with Gasteiger partial charge in [0, 0.05) is 30.2 Å². The van der Waals surface area contributed by atoms with Crippen LogP contribution in [-0.2, 0) is 6.18 Å².